The van der Waals surface area contributed by atoms with E-state index >= 15 is 0 Å². The average Bonchev–Trinajstić information content (AvgIpc) is 2.82. The maximum atomic E-state index is 12.0. The molecule has 0 bridgehead atoms. The van der Waals surface area contributed by atoms with E-state index in [1.807, 2.05) is 20.8 Å². The Bertz CT molecular complexity index is 367. The van der Waals surface area contributed by atoms with E-state index in [0.717, 1.165) is 19.6 Å². The van der Waals surface area contributed by atoms with Gasteiger partial charge in [-0.25, -0.2) is 4.79 Å². The number of carbonyl (C=O) groups is 1. The number of nitrogens with one attached hydrogen (secondary N) is 2. The largest absolute Gasteiger partial charge is 0.444 e. The quantitative estimate of drug-likeness (QED) is 0.710. The van der Waals surface area contributed by atoms with Crippen LogP contribution in [0.15, 0.2) is 0 Å². The fourth-order valence-corrected chi connectivity index (χ4v) is 3.41. The molecule has 4 unspecified atom stereocenters. The Hall–Kier alpha value is -0.810. The standard InChI is InChI=1S/C17H32N2O3/c1-5-6-7-8-10-18-14-13(12-9-11-21-15(12)14)19-16(20)22-17(2,3)4/h12-15,18H,5-11H2,1-4H3,(H,19,20). The lowest BCUT2D eigenvalue weighted by molar-refractivity contribution is -0.0337. The SMILES string of the molecule is CCCCCCNC1C(NC(=O)OC(C)(C)C)C2CCOC21. The molecule has 5 heteroatoms. The molecular formula is C17H32N2O3. The summed E-state index contributed by atoms with van der Waals surface area (Å²) in [4.78, 5) is 12.0. The van der Waals surface area contributed by atoms with E-state index < -0.39 is 5.60 Å². The molecule has 2 N–H and O–H groups in total. The number of hydrogen-bond acceptors (Lipinski definition) is 4. The molecule has 0 spiro atoms. The van der Waals surface area contributed by atoms with E-state index in [0.29, 0.717) is 5.92 Å². The second-order valence-electron chi connectivity index (χ2n) is 7.50. The molecule has 5 nitrogen and oxygen atoms in total. The van der Waals surface area contributed by atoms with Gasteiger partial charge in [0.2, 0.25) is 0 Å². The Morgan fingerprint density at radius 2 is 2.00 bits per heavy atom. The van der Waals surface area contributed by atoms with Crippen molar-refractivity contribution in [3.05, 3.63) is 0 Å². The molecule has 2 aliphatic rings. The van der Waals surface area contributed by atoms with Gasteiger partial charge in [-0.05, 0) is 40.2 Å². The van der Waals surface area contributed by atoms with Crippen molar-refractivity contribution in [1.82, 2.24) is 10.6 Å². The van der Waals surface area contributed by atoms with Gasteiger partial charge >= 0.3 is 6.09 Å². The molecule has 1 aliphatic heterocycles. The van der Waals surface area contributed by atoms with Gasteiger partial charge in [-0.3, -0.25) is 0 Å². The molecular weight excluding hydrogens is 280 g/mol. The predicted octanol–water partition coefficient (Wildman–Crippen LogP) is 2.84. The third kappa shape index (κ3) is 4.59. The number of carbonyl (C=O) groups excluding carboxylic acids is 1. The van der Waals surface area contributed by atoms with E-state index in [1.165, 1.54) is 25.7 Å². The molecule has 1 saturated carbocycles. The number of rotatable bonds is 7. The van der Waals surface area contributed by atoms with E-state index in [-0.39, 0.29) is 24.3 Å². The Morgan fingerprint density at radius 1 is 1.23 bits per heavy atom. The van der Waals surface area contributed by atoms with Gasteiger partial charge in [0.25, 0.3) is 0 Å². The lowest BCUT2D eigenvalue weighted by Crippen LogP contribution is -2.70. The molecule has 1 saturated heterocycles. The minimum atomic E-state index is -0.456. The normalized spacial score (nSPS) is 30.5. The van der Waals surface area contributed by atoms with Gasteiger partial charge in [-0.2, -0.15) is 0 Å². The first kappa shape index (κ1) is 17.5. The molecule has 0 radical (unpaired) electrons. The first-order valence-corrected chi connectivity index (χ1v) is 8.77. The predicted molar refractivity (Wildman–Crippen MR) is 86.9 cm³/mol. The van der Waals surface area contributed by atoms with Gasteiger partial charge in [-0.15, -0.1) is 0 Å². The van der Waals surface area contributed by atoms with Gasteiger partial charge < -0.3 is 20.1 Å². The minimum Gasteiger partial charge on any atom is -0.444 e. The third-order valence-corrected chi connectivity index (χ3v) is 4.48. The van der Waals surface area contributed by atoms with E-state index in [2.05, 4.69) is 17.6 Å². The van der Waals surface area contributed by atoms with Crippen LogP contribution in [0.25, 0.3) is 0 Å². The summed E-state index contributed by atoms with van der Waals surface area (Å²) in [6, 6.07) is 0.357. The molecule has 0 aromatic rings. The minimum absolute atomic E-state index is 0.133. The summed E-state index contributed by atoms with van der Waals surface area (Å²) in [6.07, 6.45) is 5.94. The molecule has 128 valence electrons. The number of fused-ring (bicyclic) bond motifs is 1. The molecule has 0 aromatic carbocycles. The summed E-state index contributed by atoms with van der Waals surface area (Å²) in [7, 11) is 0. The van der Waals surface area contributed by atoms with E-state index in [1.54, 1.807) is 0 Å². The van der Waals surface area contributed by atoms with Crippen LogP contribution in [-0.2, 0) is 9.47 Å². The fourth-order valence-electron chi connectivity index (χ4n) is 3.41. The average molecular weight is 312 g/mol. The van der Waals surface area contributed by atoms with Gasteiger partial charge in [0.1, 0.15) is 5.60 Å². The molecule has 2 fully saturated rings. The molecule has 1 amide bonds. The van der Waals surface area contributed by atoms with Gasteiger partial charge in [-0.1, -0.05) is 26.2 Å². The molecule has 2 rings (SSSR count). The maximum absolute atomic E-state index is 12.0. The summed E-state index contributed by atoms with van der Waals surface area (Å²) in [5.41, 5.74) is -0.456. The summed E-state index contributed by atoms with van der Waals surface area (Å²) in [5, 5.41) is 6.62. The maximum Gasteiger partial charge on any atom is 0.407 e. The highest BCUT2D eigenvalue weighted by atomic mass is 16.6. The highest BCUT2D eigenvalue weighted by Crippen LogP contribution is 2.39. The molecule has 4 atom stereocenters. The van der Waals surface area contributed by atoms with Crippen LogP contribution in [0.3, 0.4) is 0 Å². The van der Waals surface area contributed by atoms with Crippen LogP contribution in [0.1, 0.15) is 59.8 Å². The number of alkyl carbamates (subject to hydrolysis) is 1. The van der Waals surface area contributed by atoms with Gasteiger partial charge in [0.05, 0.1) is 18.2 Å². The van der Waals surface area contributed by atoms with Crippen LogP contribution in [0.2, 0.25) is 0 Å². The number of amides is 1. The van der Waals surface area contributed by atoms with E-state index in [9.17, 15) is 4.79 Å². The van der Waals surface area contributed by atoms with Crippen LogP contribution < -0.4 is 10.6 Å². The number of hydrogen-bond donors (Lipinski definition) is 2. The zero-order chi connectivity index (χ0) is 16.2. The molecule has 1 aliphatic carbocycles. The van der Waals surface area contributed by atoms with Crippen LogP contribution in [0.4, 0.5) is 4.79 Å². The van der Waals surface area contributed by atoms with Crippen LogP contribution in [0, 0.1) is 5.92 Å². The number of unbranched alkanes of at least 4 members (excludes halogenated alkanes) is 3. The van der Waals surface area contributed by atoms with Crippen LogP contribution in [-0.4, -0.2) is 43.0 Å². The van der Waals surface area contributed by atoms with Crippen LogP contribution >= 0.6 is 0 Å². The highest BCUT2D eigenvalue weighted by molar-refractivity contribution is 5.68. The second-order valence-corrected chi connectivity index (χ2v) is 7.50. The van der Waals surface area contributed by atoms with Crippen LogP contribution in [0.5, 0.6) is 0 Å². The van der Waals surface area contributed by atoms with Crippen molar-refractivity contribution >= 4 is 6.09 Å². The van der Waals surface area contributed by atoms with Crippen molar-refractivity contribution in [2.75, 3.05) is 13.2 Å². The van der Waals surface area contributed by atoms with Gasteiger partial charge in [0.15, 0.2) is 0 Å². The molecule has 0 aromatic heterocycles. The Labute approximate surface area is 134 Å². The third-order valence-electron chi connectivity index (χ3n) is 4.48. The first-order chi connectivity index (χ1) is 10.4. The Morgan fingerprint density at radius 3 is 2.68 bits per heavy atom. The second kappa shape index (κ2) is 7.64. The van der Waals surface area contributed by atoms with Crippen molar-refractivity contribution in [3.8, 4) is 0 Å². The molecule has 1 heterocycles. The zero-order valence-corrected chi connectivity index (χ0v) is 14.5. The van der Waals surface area contributed by atoms with Crippen molar-refractivity contribution in [1.29, 1.82) is 0 Å². The smallest absolute Gasteiger partial charge is 0.407 e. The first-order valence-electron chi connectivity index (χ1n) is 8.77. The van der Waals surface area contributed by atoms with Crippen molar-refractivity contribution in [2.45, 2.75) is 83.6 Å². The van der Waals surface area contributed by atoms with Gasteiger partial charge in [0, 0.05) is 12.5 Å². The highest BCUT2D eigenvalue weighted by Gasteiger charge is 2.54. The monoisotopic (exact) mass is 312 g/mol. The summed E-state index contributed by atoms with van der Waals surface area (Å²) < 4.78 is 11.2. The summed E-state index contributed by atoms with van der Waals surface area (Å²) in [6.45, 7) is 9.67. The van der Waals surface area contributed by atoms with Crippen molar-refractivity contribution in [2.24, 2.45) is 5.92 Å². The summed E-state index contributed by atoms with van der Waals surface area (Å²) in [5.74, 6) is 0.431. The number of ether oxygens (including phenoxy) is 2. The van der Waals surface area contributed by atoms with Crippen molar-refractivity contribution < 1.29 is 14.3 Å². The zero-order valence-electron chi connectivity index (χ0n) is 14.5. The Balaban J connectivity index is 1.78. The topological polar surface area (TPSA) is 59.6 Å². The Kier molecular flexibility index (Phi) is 6.09. The molecule has 22 heavy (non-hydrogen) atoms. The van der Waals surface area contributed by atoms with Crippen molar-refractivity contribution in [3.63, 3.8) is 0 Å². The summed E-state index contributed by atoms with van der Waals surface area (Å²) >= 11 is 0. The lowest BCUT2D eigenvalue weighted by Gasteiger charge is -2.48. The lowest BCUT2D eigenvalue weighted by atomic mass is 9.71. The van der Waals surface area contributed by atoms with E-state index in [4.69, 9.17) is 9.47 Å². The fraction of sp³-hybridized carbons (Fsp3) is 0.941.